The van der Waals surface area contributed by atoms with Gasteiger partial charge in [-0.3, -0.25) is 9.80 Å². The summed E-state index contributed by atoms with van der Waals surface area (Å²) in [5.41, 5.74) is 4.60. The zero-order valence-corrected chi connectivity index (χ0v) is 10.4. The number of hydrogen-bond acceptors (Lipinski definition) is 2. The maximum absolute atomic E-state index is 11.7. The van der Waals surface area contributed by atoms with Crippen molar-refractivity contribution in [3.8, 4) is 0 Å². The molecule has 0 saturated carbocycles. The lowest BCUT2D eigenvalue weighted by Crippen LogP contribution is -2.47. The van der Waals surface area contributed by atoms with Gasteiger partial charge in [0.2, 0.25) is 5.91 Å². The summed E-state index contributed by atoms with van der Waals surface area (Å²) in [6.45, 7) is 2.97. The molecule has 1 aromatic carbocycles. The molecule has 1 aliphatic heterocycles. The number of nitrogens with zero attached hydrogens (tertiary/aromatic N) is 1. The summed E-state index contributed by atoms with van der Waals surface area (Å²) >= 11 is 0. The molecule has 17 heavy (non-hydrogen) atoms. The minimum Gasteiger partial charge on any atom is -0.277 e. The molecule has 0 aliphatic carbocycles. The number of carbonyl (C=O) groups excluding carboxylic acids is 1. The van der Waals surface area contributed by atoms with Gasteiger partial charge in [0.25, 0.3) is 0 Å². The van der Waals surface area contributed by atoms with Crippen LogP contribution in [-0.4, -0.2) is 17.5 Å². The van der Waals surface area contributed by atoms with E-state index >= 15 is 0 Å². The Morgan fingerprint density at radius 3 is 2.71 bits per heavy atom. The van der Waals surface area contributed by atoms with E-state index < -0.39 is 0 Å². The zero-order chi connectivity index (χ0) is 12.1. The molecule has 1 N–H and O–H groups in total. The number of rotatable bonds is 4. The van der Waals surface area contributed by atoms with E-state index in [2.05, 4.69) is 24.5 Å². The van der Waals surface area contributed by atoms with Crippen molar-refractivity contribution in [1.82, 2.24) is 10.4 Å². The number of carbonyl (C=O) groups is 1. The number of hydrazine groups is 1. The molecule has 1 saturated heterocycles. The standard InChI is InChI=1S/C14H20N2O/c1-2-13(12-8-4-3-5-9-12)15-16-11-7-6-10-14(16)17/h3-5,8-9,13,15H,2,6-7,10-11H2,1H3. The molecule has 1 aromatic rings. The third kappa shape index (κ3) is 3.07. The van der Waals surface area contributed by atoms with Gasteiger partial charge in [-0.25, -0.2) is 5.43 Å². The fraction of sp³-hybridized carbons (Fsp3) is 0.500. The van der Waals surface area contributed by atoms with E-state index in [1.54, 1.807) is 5.01 Å². The maximum Gasteiger partial charge on any atom is 0.236 e. The average Bonchev–Trinajstić information content (AvgIpc) is 2.39. The molecular formula is C14H20N2O. The van der Waals surface area contributed by atoms with Crippen LogP contribution in [0, 0.1) is 0 Å². The molecule has 2 rings (SSSR count). The minimum atomic E-state index is 0.227. The van der Waals surface area contributed by atoms with E-state index in [9.17, 15) is 4.79 Å². The predicted molar refractivity (Wildman–Crippen MR) is 68.2 cm³/mol. The lowest BCUT2D eigenvalue weighted by atomic mass is 10.1. The molecule has 1 heterocycles. The van der Waals surface area contributed by atoms with Gasteiger partial charge in [0.1, 0.15) is 0 Å². The normalized spacial score (nSPS) is 18.2. The monoisotopic (exact) mass is 232 g/mol. The van der Waals surface area contributed by atoms with Crippen molar-refractivity contribution in [3.05, 3.63) is 35.9 Å². The quantitative estimate of drug-likeness (QED) is 0.865. The first-order chi connectivity index (χ1) is 8.31. The van der Waals surface area contributed by atoms with Crippen LogP contribution >= 0.6 is 0 Å². The van der Waals surface area contributed by atoms with Gasteiger partial charge in [-0.15, -0.1) is 0 Å². The van der Waals surface area contributed by atoms with Crippen LogP contribution in [-0.2, 0) is 4.79 Å². The van der Waals surface area contributed by atoms with Crippen LogP contribution in [0.25, 0.3) is 0 Å². The molecule has 1 fully saturated rings. The van der Waals surface area contributed by atoms with E-state index in [0.717, 1.165) is 25.8 Å². The van der Waals surface area contributed by atoms with Crippen LogP contribution in [0.4, 0.5) is 0 Å². The van der Waals surface area contributed by atoms with Crippen LogP contribution in [0.15, 0.2) is 30.3 Å². The molecule has 1 unspecified atom stereocenters. The first-order valence-electron chi connectivity index (χ1n) is 6.42. The smallest absolute Gasteiger partial charge is 0.236 e. The van der Waals surface area contributed by atoms with Crippen molar-refractivity contribution in [2.24, 2.45) is 0 Å². The number of amides is 1. The van der Waals surface area contributed by atoms with Crippen LogP contribution in [0.2, 0.25) is 0 Å². The zero-order valence-electron chi connectivity index (χ0n) is 10.4. The van der Waals surface area contributed by atoms with E-state index in [-0.39, 0.29) is 11.9 Å². The highest BCUT2D eigenvalue weighted by molar-refractivity contribution is 5.76. The van der Waals surface area contributed by atoms with Gasteiger partial charge >= 0.3 is 0 Å². The highest BCUT2D eigenvalue weighted by Crippen LogP contribution is 2.18. The lowest BCUT2D eigenvalue weighted by Gasteiger charge is -2.31. The molecule has 0 bridgehead atoms. The van der Waals surface area contributed by atoms with Crippen LogP contribution in [0.3, 0.4) is 0 Å². The summed E-state index contributed by atoms with van der Waals surface area (Å²) in [6, 6.07) is 10.5. The van der Waals surface area contributed by atoms with Crippen molar-refractivity contribution in [2.75, 3.05) is 6.54 Å². The maximum atomic E-state index is 11.7. The van der Waals surface area contributed by atoms with Gasteiger partial charge in [0.05, 0.1) is 6.04 Å². The summed E-state index contributed by atoms with van der Waals surface area (Å²) in [5, 5.41) is 1.80. The Bertz CT molecular complexity index is 364. The van der Waals surface area contributed by atoms with Gasteiger partial charge < -0.3 is 0 Å². The van der Waals surface area contributed by atoms with Gasteiger partial charge in [-0.05, 0) is 24.8 Å². The lowest BCUT2D eigenvalue weighted by molar-refractivity contribution is -0.137. The minimum absolute atomic E-state index is 0.227. The molecule has 0 radical (unpaired) electrons. The molecular weight excluding hydrogens is 212 g/mol. The number of piperidine rings is 1. The summed E-state index contributed by atoms with van der Waals surface area (Å²) in [6.07, 6.45) is 3.79. The molecule has 3 heteroatoms. The van der Waals surface area contributed by atoms with Gasteiger partial charge in [0, 0.05) is 13.0 Å². The fourth-order valence-corrected chi connectivity index (χ4v) is 2.22. The molecule has 1 atom stereocenters. The van der Waals surface area contributed by atoms with E-state index in [1.165, 1.54) is 5.56 Å². The second kappa shape index (κ2) is 5.82. The second-order valence-corrected chi connectivity index (χ2v) is 4.50. The van der Waals surface area contributed by atoms with Crippen LogP contribution in [0.5, 0.6) is 0 Å². The SMILES string of the molecule is CCC(NN1CCCCC1=O)c1ccccc1. The molecule has 92 valence electrons. The van der Waals surface area contributed by atoms with E-state index in [0.29, 0.717) is 6.42 Å². The Hall–Kier alpha value is -1.35. The topological polar surface area (TPSA) is 32.3 Å². The predicted octanol–water partition coefficient (Wildman–Crippen LogP) is 2.65. The third-order valence-corrected chi connectivity index (χ3v) is 3.25. The van der Waals surface area contributed by atoms with Crippen molar-refractivity contribution < 1.29 is 4.79 Å². The van der Waals surface area contributed by atoms with Gasteiger partial charge in [-0.2, -0.15) is 0 Å². The average molecular weight is 232 g/mol. The third-order valence-electron chi connectivity index (χ3n) is 3.25. The summed E-state index contributed by atoms with van der Waals surface area (Å²) in [5.74, 6) is 0.227. The first kappa shape index (κ1) is 12.1. The van der Waals surface area contributed by atoms with Crippen molar-refractivity contribution in [1.29, 1.82) is 0 Å². The number of nitrogens with one attached hydrogen (secondary N) is 1. The van der Waals surface area contributed by atoms with E-state index in [4.69, 9.17) is 0 Å². The van der Waals surface area contributed by atoms with Crippen molar-refractivity contribution in [2.45, 2.75) is 38.6 Å². The van der Waals surface area contributed by atoms with Crippen molar-refractivity contribution in [3.63, 3.8) is 0 Å². The molecule has 0 spiro atoms. The Morgan fingerprint density at radius 2 is 2.06 bits per heavy atom. The highest BCUT2D eigenvalue weighted by Gasteiger charge is 2.20. The van der Waals surface area contributed by atoms with Gasteiger partial charge in [-0.1, -0.05) is 37.3 Å². The summed E-state index contributed by atoms with van der Waals surface area (Å²) in [7, 11) is 0. The number of hydrogen-bond donors (Lipinski definition) is 1. The van der Waals surface area contributed by atoms with Crippen LogP contribution < -0.4 is 5.43 Å². The Morgan fingerprint density at radius 1 is 1.29 bits per heavy atom. The highest BCUT2D eigenvalue weighted by atomic mass is 16.2. The van der Waals surface area contributed by atoms with Crippen molar-refractivity contribution >= 4 is 5.91 Å². The summed E-state index contributed by atoms with van der Waals surface area (Å²) in [4.78, 5) is 11.7. The van der Waals surface area contributed by atoms with Crippen LogP contribution in [0.1, 0.15) is 44.2 Å². The van der Waals surface area contributed by atoms with E-state index in [1.807, 2.05) is 18.2 Å². The molecule has 1 amide bonds. The largest absolute Gasteiger partial charge is 0.277 e. The second-order valence-electron chi connectivity index (χ2n) is 4.50. The molecule has 1 aliphatic rings. The first-order valence-corrected chi connectivity index (χ1v) is 6.42. The van der Waals surface area contributed by atoms with Gasteiger partial charge in [0.15, 0.2) is 0 Å². The fourth-order valence-electron chi connectivity index (χ4n) is 2.22. The molecule has 3 nitrogen and oxygen atoms in total. The molecule has 0 aromatic heterocycles. The Kier molecular flexibility index (Phi) is 4.15. The Balaban J connectivity index is 2.02. The summed E-state index contributed by atoms with van der Waals surface area (Å²) < 4.78 is 0. The number of benzene rings is 1. The Labute approximate surface area is 103 Å².